The molecule has 0 saturated heterocycles. The molecule has 0 saturated carbocycles. The Bertz CT molecular complexity index is 1140. The molecule has 3 aromatic carbocycles. The minimum absolute atomic E-state index is 0.148. The molecule has 150 valence electrons. The van der Waals surface area contributed by atoms with Crippen molar-refractivity contribution in [2.45, 2.75) is 6.54 Å². The second-order valence-corrected chi connectivity index (χ2v) is 6.89. The normalized spacial score (nSPS) is 10.6. The van der Waals surface area contributed by atoms with E-state index in [2.05, 4.69) is 10.1 Å². The van der Waals surface area contributed by atoms with Gasteiger partial charge in [0.1, 0.15) is 5.75 Å². The molecule has 0 fully saturated rings. The first-order valence-electron chi connectivity index (χ1n) is 9.62. The Balaban J connectivity index is 1.72. The van der Waals surface area contributed by atoms with Crippen molar-refractivity contribution in [1.29, 1.82) is 0 Å². The van der Waals surface area contributed by atoms with Gasteiger partial charge in [0.25, 0.3) is 5.91 Å². The van der Waals surface area contributed by atoms with Gasteiger partial charge in [-0.05, 0) is 29.8 Å². The lowest BCUT2D eigenvalue weighted by Gasteiger charge is -2.15. The summed E-state index contributed by atoms with van der Waals surface area (Å²) in [6.45, 7) is 0.480. The predicted molar refractivity (Wildman–Crippen MR) is 116 cm³/mol. The highest BCUT2D eigenvalue weighted by molar-refractivity contribution is 5.90. The zero-order chi connectivity index (χ0) is 20.9. The second-order valence-electron chi connectivity index (χ2n) is 6.89. The standard InChI is InChI=1S/C24H22N4O2/c1-27(17-18-10-5-3-6-11-18)24(29)22-25-23(19-12-9-15-21(16-19)30-2)28(26-22)20-13-7-4-8-14-20/h3-16H,17H2,1-2H3. The van der Waals surface area contributed by atoms with Crippen LogP contribution in [-0.2, 0) is 6.54 Å². The third kappa shape index (κ3) is 4.07. The molecular formula is C24H22N4O2. The molecular weight excluding hydrogens is 376 g/mol. The predicted octanol–water partition coefficient (Wildman–Crippen LogP) is 4.22. The van der Waals surface area contributed by atoms with E-state index >= 15 is 0 Å². The summed E-state index contributed by atoms with van der Waals surface area (Å²) in [5.74, 6) is 1.20. The van der Waals surface area contributed by atoms with E-state index in [1.54, 1.807) is 23.7 Å². The topological polar surface area (TPSA) is 60.2 Å². The summed E-state index contributed by atoms with van der Waals surface area (Å²) in [5.41, 5.74) is 2.69. The van der Waals surface area contributed by atoms with Gasteiger partial charge >= 0.3 is 0 Å². The maximum absolute atomic E-state index is 13.1. The average Bonchev–Trinajstić information content (AvgIpc) is 3.25. The van der Waals surface area contributed by atoms with E-state index in [0.29, 0.717) is 18.1 Å². The van der Waals surface area contributed by atoms with Gasteiger partial charge in [0.15, 0.2) is 5.82 Å². The van der Waals surface area contributed by atoms with Crippen molar-refractivity contribution in [3.63, 3.8) is 0 Å². The lowest BCUT2D eigenvalue weighted by atomic mass is 10.2. The van der Waals surface area contributed by atoms with Crippen LogP contribution in [0.25, 0.3) is 17.1 Å². The number of para-hydroxylation sites is 1. The molecule has 0 atom stereocenters. The van der Waals surface area contributed by atoms with E-state index in [9.17, 15) is 4.79 Å². The minimum Gasteiger partial charge on any atom is -0.497 e. The SMILES string of the molecule is COc1cccc(-c2nc(C(=O)N(C)Cc3ccccc3)nn2-c2ccccc2)c1. The molecule has 0 radical (unpaired) electrons. The first-order valence-corrected chi connectivity index (χ1v) is 9.62. The fraction of sp³-hybridized carbons (Fsp3) is 0.125. The molecule has 30 heavy (non-hydrogen) atoms. The molecule has 0 spiro atoms. The van der Waals surface area contributed by atoms with Crippen LogP contribution >= 0.6 is 0 Å². The van der Waals surface area contributed by atoms with Gasteiger partial charge in [-0.2, -0.15) is 0 Å². The number of aromatic nitrogens is 3. The van der Waals surface area contributed by atoms with Crippen molar-refractivity contribution < 1.29 is 9.53 Å². The monoisotopic (exact) mass is 398 g/mol. The lowest BCUT2D eigenvalue weighted by Crippen LogP contribution is -2.27. The van der Waals surface area contributed by atoms with Crippen molar-refractivity contribution >= 4 is 5.91 Å². The summed E-state index contributed by atoms with van der Waals surface area (Å²) in [6, 6.07) is 27.1. The molecule has 0 unspecified atom stereocenters. The largest absolute Gasteiger partial charge is 0.497 e. The third-order valence-corrected chi connectivity index (χ3v) is 4.74. The second kappa shape index (κ2) is 8.61. The van der Waals surface area contributed by atoms with E-state index in [0.717, 1.165) is 16.8 Å². The molecule has 0 bridgehead atoms. The van der Waals surface area contributed by atoms with Crippen LogP contribution in [0.3, 0.4) is 0 Å². The minimum atomic E-state index is -0.238. The summed E-state index contributed by atoms with van der Waals surface area (Å²) in [4.78, 5) is 19.3. The van der Waals surface area contributed by atoms with Crippen LogP contribution in [0.15, 0.2) is 84.9 Å². The smallest absolute Gasteiger partial charge is 0.293 e. The van der Waals surface area contributed by atoms with Crippen LogP contribution in [0.1, 0.15) is 16.2 Å². The zero-order valence-corrected chi connectivity index (χ0v) is 16.9. The number of ether oxygens (including phenoxy) is 1. The number of amides is 1. The Hall–Kier alpha value is -3.93. The van der Waals surface area contributed by atoms with Crippen molar-refractivity contribution in [3.8, 4) is 22.8 Å². The molecule has 0 aliphatic carbocycles. The Morgan fingerprint density at radius 3 is 2.37 bits per heavy atom. The van der Waals surface area contributed by atoms with Crippen LogP contribution in [0.5, 0.6) is 5.75 Å². The Morgan fingerprint density at radius 2 is 1.67 bits per heavy atom. The number of benzene rings is 3. The zero-order valence-electron chi connectivity index (χ0n) is 16.9. The molecule has 0 N–H and O–H groups in total. The van der Waals surface area contributed by atoms with Crippen molar-refractivity contribution in [2.24, 2.45) is 0 Å². The van der Waals surface area contributed by atoms with Crippen LogP contribution < -0.4 is 4.74 Å². The van der Waals surface area contributed by atoms with Gasteiger partial charge in [-0.15, -0.1) is 5.10 Å². The number of carbonyl (C=O) groups is 1. The highest BCUT2D eigenvalue weighted by Crippen LogP contribution is 2.25. The highest BCUT2D eigenvalue weighted by Gasteiger charge is 2.22. The number of carbonyl (C=O) groups excluding carboxylic acids is 1. The summed E-state index contributed by atoms with van der Waals surface area (Å²) in [6.07, 6.45) is 0. The summed E-state index contributed by atoms with van der Waals surface area (Å²) in [7, 11) is 3.37. The Kier molecular flexibility index (Phi) is 5.57. The van der Waals surface area contributed by atoms with Crippen LogP contribution in [0.4, 0.5) is 0 Å². The molecule has 4 rings (SSSR count). The van der Waals surface area contributed by atoms with E-state index in [-0.39, 0.29) is 11.7 Å². The molecule has 1 heterocycles. The average molecular weight is 398 g/mol. The number of hydrogen-bond acceptors (Lipinski definition) is 4. The first kappa shape index (κ1) is 19.4. The molecule has 0 aliphatic heterocycles. The summed E-state index contributed by atoms with van der Waals surface area (Å²) < 4.78 is 7.04. The van der Waals surface area contributed by atoms with Crippen molar-refractivity contribution in [3.05, 3.63) is 96.3 Å². The van der Waals surface area contributed by atoms with E-state index in [1.807, 2.05) is 84.9 Å². The molecule has 0 aliphatic rings. The number of rotatable bonds is 6. The van der Waals surface area contributed by atoms with Crippen molar-refractivity contribution in [1.82, 2.24) is 19.7 Å². The molecule has 1 aromatic heterocycles. The lowest BCUT2D eigenvalue weighted by molar-refractivity contribution is 0.0773. The van der Waals surface area contributed by atoms with Crippen LogP contribution in [0.2, 0.25) is 0 Å². The van der Waals surface area contributed by atoms with Gasteiger partial charge in [0, 0.05) is 19.2 Å². The van der Waals surface area contributed by atoms with Crippen molar-refractivity contribution in [2.75, 3.05) is 14.2 Å². The maximum atomic E-state index is 13.1. The third-order valence-electron chi connectivity index (χ3n) is 4.74. The molecule has 6 heteroatoms. The van der Waals surface area contributed by atoms with Crippen LogP contribution in [-0.4, -0.2) is 39.7 Å². The number of hydrogen-bond donors (Lipinski definition) is 0. The number of methoxy groups -OCH3 is 1. The molecule has 6 nitrogen and oxygen atoms in total. The molecule has 1 amide bonds. The van der Waals surface area contributed by atoms with Gasteiger partial charge in [-0.1, -0.05) is 60.7 Å². The maximum Gasteiger partial charge on any atom is 0.293 e. The Morgan fingerprint density at radius 1 is 0.967 bits per heavy atom. The summed E-state index contributed by atoms with van der Waals surface area (Å²) in [5, 5.41) is 4.55. The summed E-state index contributed by atoms with van der Waals surface area (Å²) >= 11 is 0. The van der Waals surface area contributed by atoms with Crippen LogP contribution in [0, 0.1) is 0 Å². The van der Waals surface area contributed by atoms with E-state index in [4.69, 9.17) is 4.74 Å². The highest BCUT2D eigenvalue weighted by atomic mass is 16.5. The number of nitrogens with zero attached hydrogens (tertiary/aromatic N) is 4. The van der Waals surface area contributed by atoms with Gasteiger partial charge in [0.05, 0.1) is 12.8 Å². The van der Waals surface area contributed by atoms with E-state index in [1.165, 1.54) is 0 Å². The first-order chi connectivity index (χ1) is 14.7. The quantitative estimate of drug-likeness (QED) is 0.488. The van der Waals surface area contributed by atoms with E-state index < -0.39 is 0 Å². The Labute approximate surface area is 175 Å². The van der Waals surface area contributed by atoms with Gasteiger partial charge in [-0.3, -0.25) is 4.79 Å². The molecule has 4 aromatic rings. The fourth-order valence-electron chi connectivity index (χ4n) is 3.20. The van der Waals surface area contributed by atoms with Gasteiger partial charge in [0.2, 0.25) is 5.82 Å². The van der Waals surface area contributed by atoms with Gasteiger partial charge < -0.3 is 9.64 Å². The fourth-order valence-corrected chi connectivity index (χ4v) is 3.20. The van der Waals surface area contributed by atoms with Gasteiger partial charge in [-0.25, -0.2) is 9.67 Å².